The number of fused-ring (bicyclic) bond motifs is 1. The van der Waals surface area contributed by atoms with E-state index in [1.165, 1.54) is 6.07 Å². The zero-order valence-corrected chi connectivity index (χ0v) is 18.6. The summed E-state index contributed by atoms with van der Waals surface area (Å²) in [4.78, 5) is 26.1. The molecule has 1 aliphatic heterocycles. The van der Waals surface area contributed by atoms with Gasteiger partial charge in [0.25, 0.3) is 0 Å². The molecule has 0 saturated carbocycles. The lowest BCUT2D eigenvalue weighted by Gasteiger charge is -2.38. The highest BCUT2D eigenvalue weighted by atomic mass is 79.9. The topological polar surface area (TPSA) is 80.0 Å². The van der Waals surface area contributed by atoms with Gasteiger partial charge in [0, 0.05) is 24.0 Å². The molecule has 1 amide bonds. The minimum atomic E-state index is -0.893. The molecule has 0 bridgehead atoms. The van der Waals surface area contributed by atoms with Crippen LogP contribution >= 0.6 is 15.9 Å². The number of hydrogen-bond acceptors (Lipinski definition) is 5. The Morgan fingerprint density at radius 3 is 2.58 bits per heavy atom. The Morgan fingerprint density at radius 1 is 1.13 bits per heavy atom. The molecule has 1 fully saturated rings. The number of carbonyl (C=O) groups is 1. The molecule has 2 heterocycles. The maximum Gasteiger partial charge on any atom is 0.339 e. The molecule has 0 aliphatic carbocycles. The number of likely N-dealkylation sites (tertiary alicyclic amines) is 1. The Balaban J connectivity index is 1.27. The van der Waals surface area contributed by atoms with Crippen molar-refractivity contribution < 1.29 is 19.1 Å². The van der Waals surface area contributed by atoms with Crippen molar-refractivity contribution in [2.45, 2.75) is 31.3 Å². The van der Waals surface area contributed by atoms with Gasteiger partial charge in [-0.3, -0.25) is 4.79 Å². The maximum atomic E-state index is 12.6. The molecule has 6 nitrogen and oxygen atoms in total. The van der Waals surface area contributed by atoms with E-state index in [9.17, 15) is 14.7 Å². The van der Waals surface area contributed by atoms with E-state index in [1.54, 1.807) is 17.0 Å². The van der Waals surface area contributed by atoms with Crippen LogP contribution in [-0.2, 0) is 10.4 Å². The molecule has 31 heavy (non-hydrogen) atoms. The molecule has 4 rings (SSSR count). The Hall–Kier alpha value is -2.64. The number of piperidine rings is 1. The van der Waals surface area contributed by atoms with Crippen molar-refractivity contribution in [1.29, 1.82) is 0 Å². The lowest BCUT2D eigenvalue weighted by molar-refractivity contribution is -0.136. The standard InChI is InChI=1S/C24H24BrNO5/c25-18-9-7-17(8-10-18)24(29)11-13-26(14-12-24)22(27)6-3-15-30-21-16-23(28)31-20-5-2-1-4-19(20)21/h1-2,4-5,7-10,16,29H,3,6,11-15H2. The molecule has 1 N–H and O–H groups in total. The first-order valence-corrected chi connectivity index (χ1v) is 11.2. The predicted molar refractivity (Wildman–Crippen MR) is 121 cm³/mol. The number of rotatable bonds is 6. The van der Waals surface area contributed by atoms with Crippen molar-refractivity contribution in [3.63, 3.8) is 0 Å². The normalized spacial score (nSPS) is 15.7. The predicted octanol–water partition coefficient (Wildman–Crippen LogP) is 4.22. The van der Waals surface area contributed by atoms with Crippen LogP contribution in [0.5, 0.6) is 5.75 Å². The van der Waals surface area contributed by atoms with Gasteiger partial charge in [0.2, 0.25) is 5.91 Å². The van der Waals surface area contributed by atoms with Crippen LogP contribution in [0.2, 0.25) is 0 Å². The SMILES string of the molecule is O=C(CCCOc1cc(=O)oc2ccccc12)N1CCC(O)(c2ccc(Br)cc2)CC1. The molecule has 3 aromatic rings. The molecule has 0 unspecified atom stereocenters. The Kier molecular flexibility index (Phi) is 6.43. The molecule has 0 spiro atoms. The van der Waals surface area contributed by atoms with Gasteiger partial charge in [0.1, 0.15) is 11.3 Å². The van der Waals surface area contributed by atoms with Crippen LogP contribution in [0.3, 0.4) is 0 Å². The highest BCUT2D eigenvalue weighted by Crippen LogP contribution is 2.33. The van der Waals surface area contributed by atoms with Crippen molar-refractivity contribution in [2.75, 3.05) is 19.7 Å². The van der Waals surface area contributed by atoms with Crippen molar-refractivity contribution in [3.8, 4) is 5.75 Å². The first-order valence-electron chi connectivity index (χ1n) is 10.4. The van der Waals surface area contributed by atoms with Crippen molar-refractivity contribution in [1.82, 2.24) is 4.90 Å². The second-order valence-corrected chi connectivity index (χ2v) is 8.71. The maximum absolute atomic E-state index is 12.6. The van der Waals surface area contributed by atoms with Crippen molar-refractivity contribution in [2.24, 2.45) is 0 Å². The van der Waals surface area contributed by atoms with Gasteiger partial charge in [0.15, 0.2) is 0 Å². The highest BCUT2D eigenvalue weighted by Gasteiger charge is 2.35. The van der Waals surface area contributed by atoms with Crippen LogP contribution in [0.1, 0.15) is 31.2 Å². The van der Waals surface area contributed by atoms with E-state index in [0.717, 1.165) is 15.4 Å². The first-order chi connectivity index (χ1) is 14.9. The minimum Gasteiger partial charge on any atom is -0.493 e. The van der Waals surface area contributed by atoms with E-state index in [4.69, 9.17) is 9.15 Å². The average molecular weight is 486 g/mol. The third kappa shape index (κ3) is 4.99. The molecule has 1 aliphatic rings. The van der Waals surface area contributed by atoms with Gasteiger partial charge in [-0.25, -0.2) is 4.79 Å². The van der Waals surface area contributed by atoms with Crippen LogP contribution in [0.25, 0.3) is 11.0 Å². The Bertz CT molecular complexity index is 1120. The summed E-state index contributed by atoms with van der Waals surface area (Å²) in [7, 11) is 0. The molecular weight excluding hydrogens is 462 g/mol. The number of ether oxygens (including phenoxy) is 1. The monoisotopic (exact) mass is 485 g/mol. The number of hydrogen-bond donors (Lipinski definition) is 1. The lowest BCUT2D eigenvalue weighted by Crippen LogP contribution is -2.45. The number of nitrogens with zero attached hydrogens (tertiary/aromatic N) is 1. The molecule has 0 radical (unpaired) electrons. The van der Waals surface area contributed by atoms with E-state index < -0.39 is 11.2 Å². The van der Waals surface area contributed by atoms with Crippen LogP contribution in [-0.4, -0.2) is 35.6 Å². The fourth-order valence-corrected chi connectivity index (χ4v) is 4.20. The molecule has 1 saturated heterocycles. The summed E-state index contributed by atoms with van der Waals surface area (Å²) in [6.07, 6.45) is 1.93. The van der Waals surface area contributed by atoms with Gasteiger partial charge < -0.3 is 19.2 Å². The smallest absolute Gasteiger partial charge is 0.339 e. The minimum absolute atomic E-state index is 0.0545. The van der Waals surface area contributed by atoms with Gasteiger partial charge in [-0.2, -0.15) is 0 Å². The zero-order chi connectivity index (χ0) is 21.8. The van der Waals surface area contributed by atoms with E-state index in [2.05, 4.69) is 15.9 Å². The van der Waals surface area contributed by atoms with Crippen molar-refractivity contribution >= 4 is 32.8 Å². The van der Waals surface area contributed by atoms with Gasteiger partial charge in [0.05, 0.1) is 23.7 Å². The second-order valence-electron chi connectivity index (χ2n) is 7.80. The van der Waals surface area contributed by atoms with Crippen LogP contribution in [0.4, 0.5) is 0 Å². The van der Waals surface area contributed by atoms with E-state index in [1.807, 2.05) is 36.4 Å². The number of benzene rings is 2. The van der Waals surface area contributed by atoms with Gasteiger partial charge in [-0.1, -0.05) is 40.2 Å². The van der Waals surface area contributed by atoms with E-state index >= 15 is 0 Å². The number of amides is 1. The van der Waals surface area contributed by atoms with Gasteiger partial charge in [-0.05, 0) is 49.1 Å². The van der Waals surface area contributed by atoms with Crippen LogP contribution in [0.15, 0.2) is 68.3 Å². The number of halogens is 1. The summed E-state index contributed by atoms with van der Waals surface area (Å²) < 4.78 is 11.9. The molecule has 1 aromatic heterocycles. The summed E-state index contributed by atoms with van der Waals surface area (Å²) >= 11 is 3.41. The quantitative estimate of drug-likeness (QED) is 0.417. The summed E-state index contributed by atoms with van der Waals surface area (Å²) in [5, 5.41) is 11.7. The fourth-order valence-electron chi connectivity index (χ4n) is 3.94. The largest absolute Gasteiger partial charge is 0.493 e. The average Bonchev–Trinajstić information content (AvgIpc) is 2.77. The molecular formula is C24H24BrNO5. The van der Waals surface area contributed by atoms with Gasteiger partial charge >= 0.3 is 5.63 Å². The summed E-state index contributed by atoms with van der Waals surface area (Å²) in [5.41, 5.74) is 0.00976. The second kappa shape index (κ2) is 9.24. The van der Waals surface area contributed by atoms with Crippen molar-refractivity contribution in [3.05, 3.63) is 75.1 Å². The van der Waals surface area contributed by atoms with E-state index in [0.29, 0.717) is 56.7 Å². The lowest BCUT2D eigenvalue weighted by atomic mass is 9.84. The third-order valence-corrected chi connectivity index (χ3v) is 6.26. The Labute approximate surface area is 188 Å². The zero-order valence-electron chi connectivity index (χ0n) is 17.1. The molecule has 2 aromatic carbocycles. The Morgan fingerprint density at radius 2 is 1.84 bits per heavy atom. The first kappa shape index (κ1) is 21.6. The summed E-state index contributed by atoms with van der Waals surface area (Å²) in [5.74, 6) is 0.524. The fraction of sp³-hybridized carbons (Fsp3) is 0.333. The molecule has 0 atom stereocenters. The highest BCUT2D eigenvalue weighted by molar-refractivity contribution is 9.10. The number of carbonyl (C=O) groups excluding carboxylic acids is 1. The van der Waals surface area contributed by atoms with Gasteiger partial charge in [-0.15, -0.1) is 0 Å². The molecule has 162 valence electrons. The summed E-state index contributed by atoms with van der Waals surface area (Å²) in [6, 6.07) is 16.2. The number of aliphatic hydroxyl groups is 1. The summed E-state index contributed by atoms with van der Waals surface area (Å²) in [6.45, 7) is 1.38. The third-order valence-electron chi connectivity index (χ3n) is 5.73. The van der Waals surface area contributed by atoms with Crippen LogP contribution < -0.4 is 10.4 Å². The molecule has 7 heteroatoms. The number of para-hydroxylation sites is 1. The van der Waals surface area contributed by atoms with E-state index in [-0.39, 0.29) is 5.91 Å². The van der Waals surface area contributed by atoms with Crippen LogP contribution in [0, 0.1) is 0 Å².